The summed E-state index contributed by atoms with van der Waals surface area (Å²) in [6.07, 6.45) is 2.11. The zero-order chi connectivity index (χ0) is 23.9. The fourth-order valence-electron chi connectivity index (χ4n) is 2.43. The van der Waals surface area contributed by atoms with Gasteiger partial charge < -0.3 is 20.1 Å². The molecule has 0 aliphatic carbocycles. The highest BCUT2D eigenvalue weighted by Gasteiger charge is 2.01. The van der Waals surface area contributed by atoms with Crippen LogP contribution in [0.3, 0.4) is 0 Å². The summed E-state index contributed by atoms with van der Waals surface area (Å²) >= 11 is 0. The third kappa shape index (κ3) is 16.2. The average molecular weight is 457 g/mol. The predicted molar refractivity (Wildman–Crippen MR) is 125 cm³/mol. The third-order valence-electron chi connectivity index (χ3n) is 4.39. The van der Waals surface area contributed by atoms with Crippen LogP contribution in [-0.4, -0.2) is 57.9 Å². The minimum atomic E-state index is -4.67. The summed E-state index contributed by atoms with van der Waals surface area (Å²) in [5.74, 6) is 1.83. The van der Waals surface area contributed by atoms with E-state index in [9.17, 15) is 0 Å². The van der Waals surface area contributed by atoms with E-state index in [1.807, 2.05) is 38.4 Å². The third-order valence-corrected chi connectivity index (χ3v) is 4.39. The first kappa shape index (κ1) is 28.8. The van der Waals surface area contributed by atoms with Gasteiger partial charge in [0.1, 0.15) is 11.5 Å². The molecule has 2 unspecified atom stereocenters. The van der Waals surface area contributed by atoms with Crippen LogP contribution in [0.2, 0.25) is 0 Å². The van der Waals surface area contributed by atoms with Gasteiger partial charge in [-0.1, -0.05) is 24.3 Å². The summed E-state index contributed by atoms with van der Waals surface area (Å²) < 4.78 is 41.8. The Hall–Kier alpha value is -2.17. The van der Waals surface area contributed by atoms with Crippen molar-refractivity contribution in [1.82, 2.24) is 10.6 Å². The Morgan fingerprint density at radius 3 is 1.19 bits per heavy atom. The van der Waals surface area contributed by atoms with E-state index in [0.717, 1.165) is 24.3 Å². The molecule has 2 atom stereocenters. The number of nitrogens with one attached hydrogen (secondary N) is 2. The highest BCUT2D eigenvalue weighted by Crippen LogP contribution is 2.13. The van der Waals surface area contributed by atoms with Crippen LogP contribution in [0.15, 0.2) is 48.5 Å². The van der Waals surface area contributed by atoms with E-state index >= 15 is 0 Å². The number of hydrogen-bond acceptors (Lipinski definition) is 6. The molecule has 0 aliphatic heterocycles. The van der Waals surface area contributed by atoms with E-state index in [0.29, 0.717) is 12.1 Å². The van der Waals surface area contributed by atoms with Crippen molar-refractivity contribution in [2.24, 2.45) is 0 Å². The van der Waals surface area contributed by atoms with Crippen molar-refractivity contribution in [3.8, 4) is 11.5 Å². The lowest BCUT2D eigenvalue weighted by atomic mass is 10.1. The van der Waals surface area contributed by atoms with Crippen LogP contribution in [0.25, 0.3) is 0 Å². The molecular weight excluding hydrogens is 420 g/mol. The lowest BCUT2D eigenvalue weighted by molar-refractivity contribution is 0.381. The van der Waals surface area contributed by atoms with Crippen LogP contribution in [0.5, 0.6) is 11.5 Å². The standard InChI is InChI=1S/2C11H17NO.H2O4S/c2*1-9(12-2)8-10-4-6-11(13-3)7-5-10;1-5(2,3)4/h2*4-7,9,12H,8H2,1-3H3;(H2,1,2,3,4). The van der Waals surface area contributed by atoms with E-state index in [1.54, 1.807) is 14.2 Å². The molecule has 0 heterocycles. The summed E-state index contributed by atoms with van der Waals surface area (Å²) in [5.41, 5.74) is 2.67. The Balaban J connectivity index is 0.000000479. The molecule has 8 nitrogen and oxygen atoms in total. The average Bonchev–Trinajstić information content (AvgIpc) is 2.74. The van der Waals surface area contributed by atoms with Crippen molar-refractivity contribution in [2.45, 2.75) is 38.8 Å². The highest BCUT2D eigenvalue weighted by atomic mass is 32.3. The molecule has 9 heteroatoms. The molecule has 2 aromatic rings. The van der Waals surface area contributed by atoms with Gasteiger partial charge in [0.2, 0.25) is 0 Å². The van der Waals surface area contributed by atoms with Crippen molar-refractivity contribution in [3.63, 3.8) is 0 Å². The molecule has 0 saturated carbocycles. The van der Waals surface area contributed by atoms with Gasteiger partial charge in [-0.2, -0.15) is 8.42 Å². The van der Waals surface area contributed by atoms with E-state index in [2.05, 4.69) is 48.7 Å². The first-order chi connectivity index (χ1) is 14.5. The van der Waals surface area contributed by atoms with Gasteiger partial charge in [0.25, 0.3) is 0 Å². The second-order valence-electron chi connectivity index (χ2n) is 6.93. The molecule has 2 rings (SSSR count). The van der Waals surface area contributed by atoms with Crippen molar-refractivity contribution in [2.75, 3.05) is 28.3 Å². The minimum absolute atomic E-state index is 0.522. The fourth-order valence-corrected chi connectivity index (χ4v) is 2.43. The number of benzene rings is 2. The van der Waals surface area contributed by atoms with E-state index in [4.69, 9.17) is 27.0 Å². The van der Waals surface area contributed by atoms with Crippen molar-refractivity contribution in [1.29, 1.82) is 0 Å². The zero-order valence-electron chi connectivity index (χ0n) is 19.1. The Kier molecular flexibility index (Phi) is 14.5. The van der Waals surface area contributed by atoms with Gasteiger partial charge in [-0.05, 0) is 76.2 Å². The summed E-state index contributed by atoms with van der Waals surface area (Å²) in [5, 5.41) is 6.42. The monoisotopic (exact) mass is 456 g/mol. The van der Waals surface area contributed by atoms with Gasteiger partial charge in [0, 0.05) is 12.1 Å². The van der Waals surface area contributed by atoms with Crippen LogP contribution in [0.4, 0.5) is 0 Å². The molecule has 4 N–H and O–H groups in total. The van der Waals surface area contributed by atoms with Crippen molar-refractivity contribution in [3.05, 3.63) is 59.7 Å². The molecule has 0 bridgehead atoms. The lowest BCUT2D eigenvalue weighted by Crippen LogP contribution is -2.23. The van der Waals surface area contributed by atoms with Crippen LogP contribution in [0, 0.1) is 0 Å². The second kappa shape index (κ2) is 15.6. The molecule has 0 fully saturated rings. The van der Waals surface area contributed by atoms with E-state index < -0.39 is 10.4 Å². The van der Waals surface area contributed by atoms with E-state index in [-0.39, 0.29) is 0 Å². The Morgan fingerprint density at radius 1 is 0.742 bits per heavy atom. The lowest BCUT2D eigenvalue weighted by Gasteiger charge is -2.09. The maximum Gasteiger partial charge on any atom is 0.394 e. The second-order valence-corrected chi connectivity index (χ2v) is 7.83. The van der Waals surface area contributed by atoms with Gasteiger partial charge in [0.15, 0.2) is 0 Å². The minimum Gasteiger partial charge on any atom is -0.497 e. The van der Waals surface area contributed by atoms with E-state index in [1.165, 1.54) is 11.1 Å². The van der Waals surface area contributed by atoms with Gasteiger partial charge in [-0.15, -0.1) is 0 Å². The topological polar surface area (TPSA) is 117 Å². The van der Waals surface area contributed by atoms with Crippen LogP contribution >= 0.6 is 0 Å². The SMILES string of the molecule is CNC(C)Cc1ccc(OC)cc1.CNC(C)Cc1ccc(OC)cc1.O=S(=O)(O)O. The fraction of sp³-hybridized carbons (Fsp3) is 0.455. The largest absolute Gasteiger partial charge is 0.497 e. The molecule has 0 aliphatic rings. The molecular formula is C22H36N2O6S. The normalized spacial score (nSPS) is 12.4. The molecule has 0 radical (unpaired) electrons. The van der Waals surface area contributed by atoms with Crippen molar-refractivity contribution < 1.29 is 27.0 Å². The first-order valence-electron chi connectivity index (χ1n) is 9.82. The number of methoxy groups -OCH3 is 2. The number of likely N-dealkylation sites (N-methyl/N-ethyl adjacent to an activating group) is 2. The van der Waals surface area contributed by atoms with Crippen LogP contribution in [0.1, 0.15) is 25.0 Å². The number of hydrogen-bond donors (Lipinski definition) is 4. The smallest absolute Gasteiger partial charge is 0.394 e. The van der Waals surface area contributed by atoms with Crippen LogP contribution in [-0.2, 0) is 23.2 Å². The summed E-state index contributed by atoms with van der Waals surface area (Å²) in [7, 11) is 2.67. The van der Waals surface area contributed by atoms with Gasteiger partial charge in [-0.25, -0.2) is 0 Å². The highest BCUT2D eigenvalue weighted by molar-refractivity contribution is 7.79. The Bertz CT molecular complexity index is 747. The molecule has 0 saturated heterocycles. The van der Waals surface area contributed by atoms with Crippen molar-refractivity contribution >= 4 is 10.4 Å². The molecule has 176 valence electrons. The summed E-state index contributed by atoms with van der Waals surface area (Å²) in [6, 6.07) is 17.4. The van der Waals surface area contributed by atoms with Gasteiger partial charge >= 0.3 is 10.4 Å². The summed E-state index contributed by atoms with van der Waals surface area (Å²) in [4.78, 5) is 0. The quantitative estimate of drug-likeness (QED) is 0.448. The van der Waals surface area contributed by atoms with Gasteiger partial charge in [-0.3, -0.25) is 9.11 Å². The van der Waals surface area contributed by atoms with Crippen LogP contribution < -0.4 is 20.1 Å². The Labute approximate surface area is 186 Å². The number of ether oxygens (including phenoxy) is 2. The number of rotatable bonds is 8. The maximum atomic E-state index is 8.74. The molecule has 0 amide bonds. The molecule has 0 aromatic heterocycles. The molecule has 31 heavy (non-hydrogen) atoms. The predicted octanol–water partition coefficient (Wildman–Crippen LogP) is 3.04. The Morgan fingerprint density at radius 2 is 1.00 bits per heavy atom. The first-order valence-corrected chi connectivity index (χ1v) is 11.2. The van der Waals surface area contributed by atoms with Gasteiger partial charge in [0.05, 0.1) is 14.2 Å². The zero-order valence-corrected chi connectivity index (χ0v) is 19.9. The maximum absolute atomic E-state index is 8.74. The molecule has 2 aromatic carbocycles. The molecule has 0 spiro atoms. The summed E-state index contributed by atoms with van der Waals surface area (Å²) in [6.45, 7) is 4.34.